The number of hydrogen-bond acceptors (Lipinski definition) is 4. The molecular formula is C17H21N3O4. The zero-order valence-electron chi connectivity index (χ0n) is 13.8. The number of carbonyl (C=O) groups excluding carboxylic acids is 3. The highest BCUT2D eigenvalue weighted by Gasteiger charge is 2.35. The van der Waals surface area contributed by atoms with Gasteiger partial charge in [-0.05, 0) is 31.0 Å². The van der Waals surface area contributed by atoms with Crippen LogP contribution in [0.2, 0.25) is 0 Å². The number of nitrogens with zero attached hydrogens (tertiary/aromatic N) is 1. The second kappa shape index (κ2) is 6.51. The fourth-order valence-corrected chi connectivity index (χ4v) is 3.02. The molecule has 0 radical (unpaired) electrons. The van der Waals surface area contributed by atoms with Crippen LogP contribution >= 0.6 is 0 Å². The number of ether oxygens (including phenoxy) is 1. The van der Waals surface area contributed by atoms with Gasteiger partial charge < -0.3 is 20.3 Å². The van der Waals surface area contributed by atoms with Crippen LogP contribution in [0.1, 0.15) is 26.7 Å². The first-order valence-electron chi connectivity index (χ1n) is 8.14. The summed E-state index contributed by atoms with van der Waals surface area (Å²) in [4.78, 5) is 37.8. The number of fused-ring (bicyclic) bond motifs is 1. The average molecular weight is 331 g/mol. The van der Waals surface area contributed by atoms with Crippen LogP contribution in [-0.4, -0.2) is 41.8 Å². The van der Waals surface area contributed by atoms with Gasteiger partial charge in [-0.2, -0.15) is 0 Å². The van der Waals surface area contributed by atoms with E-state index in [4.69, 9.17) is 4.74 Å². The number of carbonyl (C=O) groups is 3. The van der Waals surface area contributed by atoms with Crippen LogP contribution in [0.3, 0.4) is 0 Å². The lowest BCUT2D eigenvalue weighted by atomic mass is 10.1. The number of rotatable bonds is 3. The van der Waals surface area contributed by atoms with Crippen molar-refractivity contribution in [2.45, 2.75) is 32.7 Å². The Hall–Kier alpha value is -2.57. The molecule has 1 fully saturated rings. The van der Waals surface area contributed by atoms with E-state index in [-0.39, 0.29) is 30.2 Å². The highest BCUT2D eigenvalue weighted by Crippen LogP contribution is 2.31. The standard InChI is InChI=1S/C17H21N3O4/c1-10(2)17(23)20-7-3-4-13(20)16(22)18-11-5-6-14-12(8-11)19-15(21)9-24-14/h5-6,8,10,13H,3-4,7,9H2,1-2H3,(H,18,22)(H,19,21). The molecule has 2 aliphatic rings. The van der Waals surface area contributed by atoms with Crippen molar-refractivity contribution in [2.75, 3.05) is 23.8 Å². The molecule has 0 aromatic heterocycles. The van der Waals surface area contributed by atoms with Crippen molar-refractivity contribution in [3.8, 4) is 5.75 Å². The van der Waals surface area contributed by atoms with Gasteiger partial charge in [-0.1, -0.05) is 13.8 Å². The van der Waals surface area contributed by atoms with Gasteiger partial charge >= 0.3 is 0 Å². The molecule has 128 valence electrons. The summed E-state index contributed by atoms with van der Waals surface area (Å²) in [6.07, 6.45) is 1.49. The summed E-state index contributed by atoms with van der Waals surface area (Å²) in [6.45, 7) is 4.28. The molecule has 1 saturated heterocycles. The van der Waals surface area contributed by atoms with Gasteiger partial charge in [0.15, 0.2) is 6.61 Å². The third-order valence-corrected chi connectivity index (χ3v) is 4.21. The number of benzene rings is 1. The molecule has 0 bridgehead atoms. The molecule has 1 aromatic carbocycles. The molecule has 1 aromatic rings. The molecule has 2 aliphatic heterocycles. The van der Waals surface area contributed by atoms with E-state index >= 15 is 0 Å². The Morgan fingerprint density at radius 2 is 2.17 bits per heavy atom. The molecule has 0 aliphatic carbocycles. The van der Waals surface area contributed by atoms with Gasteiger partial charge in [0, 0.05) is 18.2 Å². The number of anilines is 2. The lowest BCUT2D eigenvalue weighted by Gasteiger charge is -2.26. The first kappa shape index (κ1) is 16.3. The Bertz CT molecular complexity index is 686. The molecule has 0 saturated carbocycles. The fourth-order valence-electron chi connectivity index (χ4n) is 3.02. The van der Waals surface area contributed by atoms with Crippen molar-refractivity contribution in [2.24, 2.45) is 5.92 Å². The Kier molecular flexibility index (Phi) is 4.42. The summed E-state index contributed by atoms with van der Waals surface area (Å²) < 4.78 is 5.29. The van der Waals surface area contributed by atoms with E-state index in [0.29, 0.717) is 30.1 Å². The van der Waals surface area contributed by atoms with Gasteiger partial charge in [0.1, 0.15) is 11.8 Å². The molecule has 3 rings (SSSR count). The van der Waals surface area contributed by atoms with Gasteiger partial charge in [-0.3, -0.25) is 14.4 Å². The molecule has 2 N–H and O–H groups in total. The molecule has 2 heterocycles. The summed E-state index contributed by atoms with van der Waals surface area (Å²) in [7, 11) is 0. The molecule has 1 atom stereocenters. The Balaban J connectivity index is 1.71. The maximum Gasteiger partial charge on any atom is 0.262 e. The predicted molar refractivity (Wildman–Crippen MR) is 88.8 cm³/mol. The largest absolute Gasteiger partial charge is 0.482 e. The van der Waals surface area contributed by atoms with Crippen LogP contribution in [-0.2, 0) is 14.4 Å². The highest BCUT2D eigenvalue weighted by atomic mass is 16.5. The number of hydrogen-bond donors (Lipinski definition) is 2. The average Bonchev–Trinajstić information content (AvgIpc) is 3.03. The van der Waals surface area contributed by atoms with Gasteiger partial charge in [0.05, 0.1) is 5.69 Å². The molecule has 24 heavy (non-hydrogen) atoms. The van der Waals surface area contributed by atoms with Crippen LogP contribution < -0.4 is 15.4 Å². The normalized spacial score (nSPS) is 19.5. The van der Waals surface area contributed by atoms with Gasteiger partial charge in [-0.15, -0.1) is 0 Å². The van der Waals surface area contributed by atoms with Gasteiger partial charge in [0.2, 0.25) is 11.8 Å². The SMILES string of the molecule is CC(C)C(=O)N1CCCC1C(=O)Nc1ccc2c(c1)NC(=O)CO2. The first-order valence-corrected chi connectivity index (χ1v) is 8.14. The van der Waals surface area contributed by atoms with Gasteiger partial charge in [0.25, 0.3) is 5.91 Å². The highest BCUT2D eigenvalue weighted by molar-refractivity contribution is 6.00. The summed E-state index contributed by atoms with van der Waals surface area (Å²) in [5, 5.41) is 5.54. The molecule has 1 unspecified atom stereocenters. The Morgan fingerprint density at radius 3 is 2.92 bits per heavy atom. The topological polar surface area (TPSA) is 87.7 Å². The minimum absolute atomic E-state index is 0.00115. The molecular weight excluding hydrogens is 310 g/mol. The Labute approximate surface area is 140 Å². The van der Waals surface area contributed by atoms with E-state index in [9.17, 15) is 14.4 Å². The lowest BCUT2D eigenvalue weighted by molar-refractivity contribution is -0.139. The summed E-state index contributed by atoms with van der Waals surface area (Å²) in [5.74, 6) is 0.0123. The van der Waals surface area contributed by atoms with Crippen molar-refractivity contribution in [3.05, 3.63) is 18.2 Å². The zero-order chi connectivity index (χ0) is 17.3. The van der Waals surface area contributed by atoms with E-state index in [1.54, 1.807) is 23.1 Å². The second-order valence-corrected chi connectivity index (χ2v) is 6.38. The van der Waals surface area contributed by atoms with Crippen molar-refractivity contribution < 1.29 is 19.1 Å². The maximum absolute atomic E-state index is 12.6. The summed E-state index contributed by atoms with van der Waals surface area (Å²) in [6, 6.07) is 4.64. The number of nitrogens with one attached hydrogen (secondary N) is 2. The van der Waals surface area contributed by atoms with Crippen molar-refractivity contribution >= 4 is 29.1 Å². The van der Waals surface area contributed by atoms with Crippen LogP contribution in [0.15, 0.2) is 18.2 Å². The summed E-state index contributed by atoms with van der Waals surface area (Å²) in [5.41, 5.74) is 1.10. The van der Waals surface area contributed by atoms with E-state index in [1.807, 2.05) is 13.8 Å². The third-order valence-electron chi connectivity index (χ3n) is 4.21. The van der Waals surface area contributed by atoms with Crippen molar-refractivity contribution in [1.82, 2.24) is 4.90 Å². The minimum atomic E-state index is -0.443. The van der Waals surface area contributed by atoms with E-state index in [0.717, 1.165) is 6.42 Å². The third kappa shape index (κ3) is 3.20. The van der Waals surface area contributed by atoms with Crippen molar-refractivity contribution in [3.63, 3.8) is 0 Å². The van der Waals surface area contributed by atoms with E-state index < -0.39 is 6.04 Å². The van der Waals surface area contributed by atoms with E-state index in [2.05, 4.69) is 10.6 Å². The van der Waals surface area contributed by atoms with Crippen LogP contribution in [0.5, 0.6) is 5.75 Å². The molecule has 3 amide bonds. The smallest absolute Gasteiger partial charge is 0.262 e. The van der Waals surface area contributed by atoms with Crippen LogP contribution in [0.4, 0.5) is 11.4 Å². The molecule has 7 heteroatoms. The minimum Gasteiger partial charge on any atom is -0.482 e. The first-order chi connectivity index (χ1) is 11.5. The second-order valence-electron chi connectivity index (χ2n) is 6.38. The predicted octanol–water partition coefficient (Wildman–Crippen LogP) is 1.60. The lowest BCUT2D eigenvalue weighted by Crippen LogP contribution is -2.44. The van der Waals surface area contributed by atoms with Crippen LogP contribution in [0, 0.1) is 5.92 Å². The van der Waals surface area contributed by atoms with E-state index in [1.165, 1.54) is 0 Å². The number of amides is 3. The fraction of sp³-hybridized carbons (Fsp3) is 0.471. The monoisotopic (exact) mass is 331 g/mol. The van der Waals surface area contributed by atoms with Crippen LogP contribution in [0.25, 0.3) is 0 Å². The molecule has 0 spiro atoms. The summed E-state index contributed by atoms with van der Waals surface area (Å²) >= 11 is 0. The maximum atomic E-state index is 12.6. The molecule has 7 nitrogen and oxygen atoms in total. The quantitative estimate of drug-likeness (QED) is 0.881. The van der Waals surface area contributed by atoms with Gasteiger partial charge in [-0.25, -0.2) is 0 Å². The number of likely N-dealkylation sites (tertiary alicyclic amines) is 1. The Morgan fingerprint density at radius 1 is 1.38 bits per heavy atom. The van der Waals surface area contributed by atoms with Crippen molar-refractivity contribution in [1.29, 1.82) is 0 Å². The zero-order valence-corrected chi connectivity index (χ0v) is 13.8.